The highest BCUT2D eigenvalue weighted by Crippen LogP contribution is 2.49. The van der Waals surface area contributed by atoms with Crippen molar-refractivity contribution in [1.29, 1.82) is 0 Å². The average Bonchev–Trinajstić information content (AvgIpc) is 3.62. The SMILES string of the molecule is Cc1ccccc1N1B2c3c(cc4ccccc4c3-n3c4ccccc4c4cccc2c43)-c2cc3c(cc21)sc1ccccc13. The number of hydrogen-bond donors (Lipinski definition) is 0. The Morgan fingerprint density at radius 3 is 2.22 bits per heavy atom. The summed E-state index contributed by atoms with van der Waals surface area (Å²) in [5.41, 5.74) is 13.1. The van der Waals surface area contributed by atoms with Crippen LogP contribution >= 0.6 is 11.3 Å². The van der Waals surface area contributed by atoms with Gasteiger partial charge in [-0.1, -0.05) is 97.1 Å². The van der Waals surface area contributed by atoms with Crippen LogP contribution in [0, 0.1) is 6.92 Å². The summed E-state index contributed by atoms with van der Waals surface area (Å²) in [6.45, 7) is 2.28. The van der Waals surface area contributed by atoms with Gasteiger partial charge in [-0.2, -0.15) is 0 Å². The van der Waals surface area contributed by atoms with Crippen molar-refractivity contribution in [3.63, 3.8) is 0 Å². The first-order valence-corrected chi connectivity index (χ1v) is 16.5. The summed E-state index contributed by atoms with van der Waals surface area (Å²) in [5, 5.41) is 7.88. The fourth-order valence-electron chi connectivity index (χ4n) is 8.42. The van der Waals surface area contributed by atoms with E-state index in [0.29, 0.717) is 0 Å². The van der Waals surface area contributed by atoms with Crippen LogP contribution < -0.4 is 15.7 Å². The summed E-state index contributed by atoms with van der Waals surface area (Å²) in [6.07, 6.45) is 0. The molecule has 0 N–H and O–H groups in total. The minimum absolute atomic E-state index is 0.0283. The van der Waals surface area contributed by atoms with Crippen molar-refractivity contribution in [3.8, 4) is 16.8 Å². The molecule has 45 heavy (non-hydrogen) atoms. The van der Waals surface area contributed by atoms with E-state index in [4.69, 9.17) is 0 Å². The van der Waals surface area contributed by atoms with Crippen LogP contribution in [0.1, 0.15) is 5.56 Å². The molecule has 0 saturated heterocycles. The Balaban J connectivity index is 1.40. The largest absolute Gasteiger partial charge is 0.376 e. The predicted octanol–water partition coefficient (Wildman–Crippen LogP) is 9.85. The molecule has 11 rings (SSSR count). The molecule has 0 fully saturated rings. The minimum atomic E-state index is 0.0283. The van der Waals surface area contributed by atoms with E-state index in [1.807, 2.05) is 11.3 Å². The van der Waals surface area contributed by atoms with Crippen LogP contribution in [0.5, 0.6) is 0 Å². The number of aromatic nitrogens is 1. The molecule has 4 heteroatoms. The van der Waals surface area contributed by atoms with Crippen LogP contribution in [-0.4, -0.2) is 11.4 Å². The molecule has 0 radical (unpaired) electrons. The van der Waals surface area contributed by atoms with Gasteiger partial charge in [-0.25, -0.2) is 0 Å². The maximum Gasteiger partial charge on any atom is 0.333 e. The summed E-state index contributed by atoms with van der Waals surface area (Å²) in [7, 11) is 0. The van der Waals surface area contributed by atoms with Crippen molar-refractivity contribution >= 4 is 93.2 Å². The molecular formula is C41H25BN2S. The van der Waals surface area contributed by atoms with Crippen LogP contribution in [0.25, 0.3) is 69.6 Å². The molecule has 9 aromatic rings. The van der Waals surface area contributed by atoms with Crippen LogP contribution in [0.3, 0.4) is 0 Å². The zero-order valence-electron chi connectivity index (χ0n) is 24.6. The summed E-state index contributed by atoms with van der Waals surface area (Å²) in [6, 6.07) is 50.1. The maximum atomic E-state index is 2.66. The Hall–Kier alpha value is -5.32. The number of fused-ring (bicyclic) bond motifs is 12. The molecule has 208 valence electrons. The van der Waals surface area contributed by atoms with Crippen molar-refractivity contribution in [2.75, 3.05) is 4.81 Å². The average molecular weight is 589 g/mol. The second-order valence-corrected chi connectivity index (χ2v) is 13.6. The smallest absolute Gasteiger partial charge is 0.333 e. The molecule has 2 nitrogen and oxygen atoms in total. The monoisotopic (exact) mass is 588 g/mol. The number of anilines is 2. The first-order valence-electron chi connectivity index (χ1n) is 15.6. The van der Waals surface area contributed by atoms with Crippen molar-refractivity contribution in [3.05, 3.63) is 139 Å². The van der Waals surface area contributed by atoms with E-state index in [-0.39, 0.29) is 6.85 Å². The number of aryl methyl sites for hydroxylation is 1. The van der Waals surface area contributed by atoms with E-state index >= 15 is 0 Å². The molecule has 4 heterocycles. The van der Waals surface area contributed by atoms with Gasteiger partial charge in [0.25, 0.3) is 0 Å². The molecule has 2 aliphatic rings. The molecule has 0 unspecified atom stereocenters. The van der Waals surface area contributed by atoms with E-state index in [0.717, 1.165) is 0 Å². The molecule has 0 amide bonds. The Morgan fingerprint density at radius 2 is 1.31 bits per heavy atom. The van der Waals surface area contributed by atoms with Gasteiger partial charge in [0.1, 0.15) is 0 Å². The van der Waals surface area contributed by atoms with Gasteiger partial charge in [-0.15, -0.1) is 11.3 Å². The van der Waals surface area contributed by atoms with Crippen molar-refractivity contribution in [2.24, 2.45) is 0 Å². The Morgan fingerprint density at radius 1 is 0.556 bits per heavy atom. The fourth-order valence-corrected chi connectivity index (χ4v) is 9.54. The summed E-state index contributed by atoms with van der Waals surface area (Å²) in [4.78, 5) is 2.66. The highest BCUT2D eigenvalue weighted by molar-refractivity contribution is 7.25. The zero-order valence-corrected chi connectivity index (χ0v) is 25.4. The van der Waals surface area contributed by atoms with Gasteiger partial charge in [0.05, 0.1) is 16.7 Å². The fraction of sp³-hybridized carbons (Fsp3) is 0.0244. The topological polar surface area (TPSA) is 8.17 Å². The standard InChI is InChI=1S/C41H25BN2S/c1-24-11-2-7-18-34(24)44-36-23-38-31(28-15-6-9-20-37(28)45-38)22-30(36)32-21-25-12-3-4-13-26(25)41-39(32)42(44)33-17-10-16-29-27-14-5-8-19-35(27)43(41)40(29)33/h2-23H,1H3. The van der Waals surface area contributed by atoms with Crippen molar-refractivity contribution < 1.29 is 0 Å². The number of hydrogen-bond acceptors (Lipinski definition) is 2. The van der Waals surface area contributed by atoms with Crippen molar-refractivity contribution in [2.45, 2.75) is 6.92 Å². The highest BCUT2D eigenvalue weighted by atomic mass is 32.1. The Kier molecular flexibility index (Phi) is 4.51. The Labute approximate surface area is 264 Å². The predicted molar refractivity (Wildman–Crippen MR) is 195 cm³/mol. The molecule has 0 aliphatic carbocycles. The van der Waals surface area contributed by atoms with E-state index in [2.05, 4.69) is 150 Å². The second-order valence-electron chi connectivity index (χ2n) is 12.5. The zero-order chi connectivity index (χ0) is 29.4. The van der Waals surface area contributed by atoms with Gasteiger partial charge >= 0.3 is 6.85 Å². The van der Waals surface area contributed by atoms with E-state index in [9.17, 15) is 0 Å². The normalized spacial score (nSPS) is 13.4. The third kappa shape index (κ3) is 2.96. The lowest BCUT2D eigenvalue weighted by atomic mass is 9.43. The van der Waals surface area contributed by atoms with Crippen LogP contribution in [-0.2, 0) is 0 Å². The molecule has 7 aromatic carbocycles. The highest BCUT2D eigenvalue weighted by Gasteiger charge is 2.44. The van der Waals surface area contributed by atoms with Gasteiger partial charge < -0.3 is 9.38 Å². The second kappa shape index (κ2) is 8.44. The van der Waals surface area contributed by atoms with Gasteiger partial charge in [0.15, 0.2) is 0 Å². The maximum absolute atomic E-state index is 2.66. The lowest BCUT2D eigenvalue weighted by Crippen LogP contribution is -2.60. The third-order valence-electron chi connectivity index (χ3n) is 10.3. The summed E-state index contributed by atoms with van der Waals surface area (Å²) in [5.74, 6) is 0. The van der Waals surface area contributed by atoms with Crippen molar-refractivity contribution in [1.82, 2.24) is 4.57 Å². The van der Waals surface area contributed by atoms with Gasteiger partial charge in [0.2, 0.25) is 0 Å². The quantitative estimate of drug-likeness (QED) is 0.173. The Bertz CT molecular complexity index is 2750. The van der Waals surface area contributed by atoms with Crippen LogP contribution in [0.4, 0.5) is 11.4 Å². The number of para-hydroxylation sites is 3. The minimum Gasteiger partial charge on any atom is -0.376 e. The number of thiophene rings is 1. The van der Waals surface area contributed by atoms with E-state index in [1.54, 1.807) is 0 Å². The number of rotatable bonds is 1. The lowest BCUT2D eigenvalue weighted by molar-refractivity contribution is 1.20. The number of nitrogens with zero attached hydrogens (tertiary/aromatic N) is 2. The molecule has 2 aromatic heterocycles. The first-order chi connectivity index (χ1) is 22.3. The van der Waals surface area contributed by atoms with E-state index in [1.165, 1.54) is 97.4 Å². The van der Waals surface area contributed by atoms with Crippen LogP contribution in [0.15, 0.2) is 133 Å². The lowest BCUT2D eigenvalue weighted by Gasteiger charge is -2.43. The first kappa shape index (κ1) is 24.1. The summed E-state index contributed by atoms with van der Waals surface area (Å²) >= 11 is 1.90. The van der Waals surface area contributed by atoms with Gasteiger partial charge in [-0.3, -0.25) is 0 Å². The molecule has 0 saturated carbocycles. The van der Waals surface area contributed by atoms with E-state index < -0.39 is 0 Å². The third-order valence-corrected chi connectivity index (χ3v) is 11.4. The van der Waals surface area contributed by atoms with Gasteiger partial charge in [-0.05, 0) is 70.8 Å². The number of benzene rings is 7. The van der Waals surface area contributed by atoms with Crippen LogP contribution in [0.2, 0.25) is 0 Å². The molecular weight excluding hydrogens is 563 g/mol. The molecule has 0 spiro atoms. The molecule has 0 atom stereocenters. The summed E-state index contributed by atoms with van der Waals surface area (Å²) < 4.78 is 5.25. The molecule has 0 bridgehead atoms. The molecule has 2 aliphatic heterocycles. The van der Waals surface area contributed by atoms with Gasteiger partial charge in [0, 0.05) is 53.3 Å².